The van der Waals surface area contributed by atoms with Crippen LogP contribution in [0.2, 0.25) is 0 Å². The topological polar surface area (TPSA) is 102 Å². The van der Waals surface area contributed by atoms with E-state index in [-0.39, 0.29) is 29.1 Å². The van der Waals surface area contributed by atoms with E-state index in [1.54, 1.807) is 0 Å². The summed E-state index contributed by atoms with van der Waals surface area (Å²) in [6.07, 6.45) is 1.09. The van der Waals surface area contributed by atoms with Gasteiger partial charge in [-0.1, -0.05) is 37.7 Å². The van der Waals surface area contributed by atoms with Crippen molar-refractivity contribution in [3.8, 4) is 0 Å². The van der Waals surface area contributed by atoms with Crippen LogP contribution in [0.25, 0.3) is 0 Å². The van der Waals surface area contributed by atoms with Gasteiger partial charge < -0.3 is 9.73 Å². The number of rotatable bonds is 7. The zero-order valence-corrected chi connectivity index (χ0v) is 17.0. The van der Waals surface area contributed by atoms with Crippen molar-refractivity contribution in [1.82, 2.24) is 10.2 Å². The Kier molecular flexibility index (Phi) is 6.21. The van der Waals surface area contributed by atoms with E-state index in [4.69, 9.17) is 4.42 Å². The summed E-state index contributed by atoms with van der Waals surface area (Å²) in [5.74, 6) is 1.31. The van der Waals surface area contributed by atoms with Crippen molar-refractivity contribution >= 4 is 33.2 Å². The molecule has 0 saturated carbocycles. The van der Waals surface area contributed by atoms with Crippen LogP contribution < -0.4 is 5.32 Å². The molecule has 0 radical (unpaired) electrons. The standard InChI is InChI=1S/C18H23N3O4S2/c1-12(2)14-3-5-15(6-4-14)19-16(22)10-26-18-21-20-17(25-18)9-13-7-8-27(23,24)11-13/h3-6,12-13H,7-11H2,1-2H3,(H,19,22)/t13-/m0/s1. The third-order valence-electron chi connectivity index (χ3n) is 4.43. The molecule has 2 aromatic rings. The van der Waals surface area contributed by atoms with E-state index in [2.05, 4.69) is 29.4 Å². The molecule has 1 saturated heterocycles. The normalized spacial score (nSPS) is 18.7. The summed E-state index contributed by atoms with van der Waals surface area (Å²) in [7, 11) is -2.92. The highest BCUT2D eigenvalue weighted by atomic mass is 32.2. The van der Waals surface area contributed by atoms with Crippen LogP contribution in [0.15, 0.2) is 33.9 Å². The molecule has 1 amide bonds. The molecule has 1 fully saturated rings. The number of carbonyl (C=O) groups is 1. The van der Waals surface area contributed by atoms with E-state index in [9.17, 15) is 13.2 Å². The van der Waals surface area contributed by atoms with Crippen LogP contribution in [0.5, 0.6) is 0 Å². The Morgan fingerprint density at radius 2 is 2.04 bits per heavy atom. The number of hydrogen-bond donors (Lipinski definition) is 1. The average Bonchev–Trinajstić information content (AvgIpc) is 3.19. The highest BCUT2D eigenvalue weighted by molar-refractivity contribution is 7.99. The maximum Gasteiger partial charge on any atom is 0.277 e. The Morgan fingerprint density at radius 3 is 2.67 bits per heavy atom. The third kappa shape index (κ3) is 5.80. The van der Waals surface area contributed by atoms with Gasteiger partial charge in [-0.15, -0.1) is 10.2 Å². The number of carbonyl (C=O) groups excluding carboxylic acids is 1. The number of aromatic nitrogens is 2. The minimum absolute atomic E-state index is 0.0328. The molecule has 1 aliphatic rings. The van der Waals surface area contributed by atoms with Crippen molar-refractivity contribution in [1.29, 1.82) is 0 Å². The second kappa shape index (κ2) is 8.43. The highest BCUT2D eigenvalue weighted by Gasteiger charge is 2.29. The summed E-state index contributed by atoms with van der Waals surface area (Å²) in [6.45, 7) is 4.24. The van der Waals surface area contributed by atoms with Gasteiger partial charge in [-0.2, -0.15) is 0 Å². The quantitative estimate of drug-likeness (QED) is 0.702. The summed E-state index contributed by atoms with van der Waals surface area (Å²) in [5.41, 5.74) is 1.97. The van der Waals surface area contributed by atoms with Crippen LogP contribution in [-0.2, 0) is 21.1 Å². The van der Waals surface area contributed by atoms with Crippen molar-refractivity contribution in [2.24, 2.45) is 5.92 Å². The van der Waals surface area contributed by atoms with Crippen molar-refractivity contribution in [3.63, 3.8) is 0 Å². The summed E-state index contributed by atoms with van der Waals surface area (Å²) in [6, 6.07) is 7.78. The number of sulfone groups is 1. The van der Waals surface area contributed by atoms with Gasteiger partial charge in [-0.25, -0.2) is 8.42 Å². The monoisotopic (exact) mass is 409 g/mol. The van der Waals surface area contributed by atoms with Gasteiger partial charge in [0.15, 0.2) is 9.84 Å². The van der Waals surface area contributed by atoms with E-state index in [1.165, 1.54) is 5.56 Å². The first-order chi connectivity index (χ1) is 12.8. The van der Waals surface area contributed by atoms with Crippen molar-refractivity contribution in [3.05, 3.63) is 35.7 Å². The Bertz CT molecular complexity index is 892. The van der Waals surface area contributed by atoms with Crippen LogP contribution in [0, 0.1) is 5.92 Å². The van der Waals surface area contributed by atoms with Crippen molar-refractivity contribution in [2.75, 3.05) is 22.6 Å². The maximum atomic E-state index is 12.1. The fraction of sp³-hybridized carbons (Fsp3) is 0.500. The van der Waals surface area contributed by atoms with E-state index in [0.717, 1.165) is 17.4 Å². The third-order valence-corrected chi connectivity index (χ3v) is 7.08. The van der Waals surface area contributed by atoms with E-state index in [1.807, 2.05) is 24.3 Å². The summed E-state index contributed by atoms with van der Waals surface area (Å²) < 4.78 is 28.5. The Labute approximate surface area is 163 Å². The van der Waals surface area contributed by atoms with Crippen LogP contribution in [0.3, 0.4) is 0 Å². The molecule has 0 unspecified atom stereocenters. The molecule has 3 rings (SSSR count). The highest BCUT2D eigenvalue weighted by Crippen LogP contribution is 2.24. The number of thioether (sulfide) groups is 1. The van der Waals surface area contributed by atoms with E-state index in [0.29, 0.717) is 29.9 Å². The number of anilines is 1. The molecule has 1 aromatic carbocycles. The Hall–Kier alpha value is -1.87. The Balaban J connectivity index is 1.46. The molecule has 1 N–H and O–H groups in total. The second-order valence-electron chi connectivity index (χ2n) is 7.05. The lowest BCUT2D eigenvalue weighted by Gasteiger charge is -2.07. The first-order valence-corrected chi connectivity index (χ1v) is 11.7. The number of amides is 1. The molecule has 7 nitrogen and oxygen atoms in total. The number of hydrogen-bond acceptors (Lipinski definition) is 7. The van der Waals surface area contributed by atoms with Gasteiger partial charge in [0, 0.05) is 12.1 Å². The molecule has 1 atom stereocenters. The van der Waals surface area contributed by atoms with Gasteiger partial charge in [0.25, 0.3) is 5.22 Å². The fourth-order valence-corrected chi connectivity index (χ4v) is 5.38. The second-order valence-corrected chi connectivity index (χ2v) is 10.2. The van der Waals surface area contributed by atoms with E-state index < -0.39 is 9.84 Å². The average molecular weight is 410 g/mol. The Morgan fingerprint density at radius 1 is 1.30 bits per heavy atom. The minimum atomic E-state index is -2.92. The molecular weight excluding hydrogens is 386 g/mol. The van der Waals surface area contributed by atoms with Crippen LogP contribution >= 0.6 is 11.8 Å². The van der Waals surface area contributed by atoms with Crippen LogP contribution in [0.4, 0.5) is 5.69 Å². The van der Waals surface area contributed by atoms with Crippen molar-refractivity contribution < 1.29 is 17.6 Å². The SMILES string of the molecule is CC(C)c1ccc(NC(=O)CSc2nnc(C[C@@H]3CCS(=O)(=O)C3)o2)cc1. The van der Waals surface area contributed by atoms with Crippen LogP contribution in [-0.4, -0.2) is 41.8 Å². The summed E-state index contributed by atoms with van der Waals surface area (Å²) >= 11 is 1.16. The van der Waals surface area contributed by atoms with Gasteiger partial charge in [0.1, 0.15) is 0 Å². The molecule has 0 aliphatic carbocycles. The lowest BCUT2D eigenvalue weighted by molar-refractivity contribution is -0.113. The van der Waals surface area contributed by atoms with Crippen LogP contribution in [0.1, 0.15) is 37.6 Å². The lowest BCUT2D eigenvalue weighted by atomic mass is 10.0. The van der Waals surface area contributed by atoms with Gasteiger partial charge in [-0.3, -0.25) is 4.79 Å². The first kappa shape index (κ1) is 19.9. The minimum Gasteiger partial charge on any atom is -0.416 e. The van der Waals surface area contributed by atoms with Gasteiger partial charge >= 0.3 is 0 Å². The molecule has 0 bridgehead atoms. The van der Waals surface area contributed by atoms with Gasteiger partial charge in [0.05, 0.1) is 17.3 Å². The number of benzene rings is 1. The molecule has 0 spiro atoms. The molecule has 2 heterocycles. The molecule has 1 aliphatic heterocycles. The molecule has 1 aromatic heterocycles. The smallest absolute Gasteiger partial charge is 0.277 e. The summed E-state index contributed by atoms with van der Waals surface area (Å²) in [4.78, 5) is 12.1. The summed E-state index contributed by atoms with van der Waals surface area (Å²) in [5, 5.41) is 11.0. The molecule has 27 heavy (non-hydrogen) atoms. The molecule has 146 valence electrons. The predicted molar refractivity (Wildman–Crippen MR) is 105 cm³/mol. The fourth-order valence-electron chi connectivity index (χ4n) is 2.93. The van der Waals surface area contributed by atoms with E-state index >= 15 is 0 Å². The predicted octanol–water partition coefficient (Wildman–Crippen LogP) is 2.90. The maximum absolute atomic E-state index is 12.1. The first-order valence-electron chi connectivity index (χ1n) is 8.86. The lowest BCUT2D eigenvalue weighted by Crippen LogP contribution is -2.14. The van der Waals surface area contributed by atoms with Crippen molar-refractivity contribution in [2.45, 2.75) is 37.8 Å². The molecule has 9 heteroatoms. The molecular formula is C18H23N3O4S2. The number of nitrogens with zero attached hydrogens (tertiary/aromatic N) is 2. The van der Waals surface area contributed by atoms with Gasteiger partial charge in [0.2, 0.25) is 11.8 Å². The largest absolute Gasteiger partial charge is 0.416 e. The zero-order valence-electron chi connectivity index (χ0n) is 15.3. The van der Waals surface area contributed by atoms with Gasteiger partial charge in [-0.05, 0) is 36.0 Å². The zero-order chi connectivity index (χ0) is 19.4. The number of nitrogens with one attached hydrogen (secondary N) is 1.